The van der Waals surface area contributed by atoms with Crippen LogP contribution in [0, 0.1) is 6.92 Å². The Bertz CT molecular complexity index is 701. The highest BCUT2D eigenvalue weighted by molar-refractivity contribution is 6.31. The van der Waals surface area contributed by atoms with Crippen molar-refractivity contribution in [2.24, 2.45) is 5.73 Å². The number of aryl methyl sites for hydroxylation is 1. The number of carbonyl (C=O) groups excluding carboxylic acids is 1. The molecule has 2 aromatic rings. The van der Waals surface area contributed by atoms with E-state index in [9.17, 15) is 4.79 Å². The third-order valence-corrected chi connectivity index (χ3v) is 4.05. The van der Waals surface area contributed by atoms with Crippen LogP contribution in [-0.4, -0.2) is 19.1 Å². The second-order valence-electron chi connectivity index (χ2n) is 5.47. The molecule has 3 N–H and O–H groups in total. The molecule has 2 atom stereocenters. The smallest absolute Gasteiger partial charge is 0.237 e. The number of nitrogens with two attached hydrogens (primary N) is 1. The molecule has 0 aliphatic carbocycles. The lowest BCUT2D eigenvalue weighted by atomic mass is 9.94. The molecule has 0 radical (unpaired) electrons. The molecule has 0 aromatic heterocycles. The SMILES string of the molecule is COc1ccc(C(NC(=O)[C@@H](C)N)c2ccccc2Cl)c(C)c1. The zero-order chi connectivity index (χ0) is 17.0. The van der Waals surface area contributed by atoms with Crippen LogP contribution in [0.1, 0.15) is 29.7 Å². The molecule has 4 nitrogen and oxygen atoms in total. The monoisotopic (exact) mass is 332 g/mol. The van der Waals surface area contributed by atoms with Gasteiger partial charge in [-0.15, -0.1) is 0 Å². The van der Waals surface area contributed by atoms with E-state index in [0.29, 0.717) is 5.02 Å². The first-order valence-electron chi connectivity index (χ1n) is 7.39. The molecule has 23 heavy (non-hydrogen) atoms. The van der Waals surface area contributed by atoms with E-state index < -0.39 is 6.04 Å². The van der Waals surface area contributed by atoms with Gasteiger partial charge in [0.15, 0.2) is 0 Å². The Hall–Kier alpha value is -2.04. The van der Waals surface area contributed by atoms with Crippen LogP contribution < -0.4 is 15.8 Å². The average molecular weight is 333 g/mol. The number of ether oxygens (including phenoxy) is 1. The van der Waals surface area contributed by atoms with Crippen molar-refractivity contribution in [2.45, 2.75) is 25.9 Å². The summed E-state index contributed by atoms with van der Waals surface area (Å²) in [5, 5.41) is 3.57. The fraction of sp³-hybridized carbons (Fsp3) is 0.278. The molecule has 0 aliphatic rings. The molecule has 2 rings (SSSR count). The van der Waals surface area contributed by atoms with Crippen molar-refractivity contribution in [3.63, 3.8) is 0 Å². The van der Waals surface area contributed by atoms with Crippen LogP contribution in [0.2, 0.25) is 5.02 Å². The summed E-state index contributed by atoms with van der Waals surface area (Å²) < 4.78 is 5.25. The van der Waals surface area contributed by atoms with E-state index in [4.69, 9.17) is 22.1 Å². The number of halogens is 1. The number of benzene rings is 2. The van der Waals surface area contributed by atoms with Crippen LogP contribution in [0.25, 0.3) is 0 Å². The van der Waals surface area contributed by atoms with Gasteiger partial charge in [-0.1, -0.05) is 35.9 Å². The highest BCUT2D eigenvalue weighted by Gasteiger charge is 2.22. The fourth-order valence-electron chi connectivity index (χ4n) is 2.41. The van der Waals surface area contributed by atoms with Crippen LogP contribution in [-0.2, 0) is 4.79 Å². The van der Waals surface area contributed by atoms with E-state index >= 15 is 0 Å². The van der Waals surface area contributed by atoms with Crippen molar-refractivity contribution >= 4 is 17.5 Å². The van der Waals surface area contributed by atoms with Gasteiger partial charge in [-0.3, -0.25) is 4.79 Å². The van der Waals surface area contributed by atoms with Crippen LogP contribution in [0.4, 0.5) is 0 Å². The first kappa shape index (κ1) is 17.3. The summed E-state index contributed by atoms with van der Waals surface area (Å²) in [7, 11) is 1.62. The van der Waals surface area contributed by atoms with E-state index in [1.165, 1.54) is 0 Å². The minimum absolute atomic E-state index is 0.231. The first-order valence-corrected chi connectivity index (χ1v) is 7.76. The third kappa shape index (κ3) is 4.03. The van der Waals surface area contributed by atoms with Gasteiger partial charge in [0.25, 0.3) is 0 Å². The van der Waals surface area contributed by atoms with Crippen molar-refractivity contribution in [1.29, 1.82) is 0 Å². The Morgan fingerprint density at radius 1 is 1.22 bits per heavy atom. The Morgan fingerprint density at radius 2 is 1.91 bits per heavy atom. The molecule has 0 spiro atoms. The van der Waals surface area contributed by atoms with Crippen LogP contribution in [0.3, 0.4) is 0 Å². The fourth-order valence-corrected chi connectivity index (χ4v) is 2.65. The maximum absolute atomic E-state index is 12.1. The van der Waals surface area contributed by atoms with Crippen LogP contribution in [0.15, 0.2) is 42.5 Å². The maximum atomic E-state index is 12.1. The van der Waals surface area contributed by atoms with Crippen molar-refractivity contribution in [3.05, 3.63) is 64.2 Å². The number of nitrogens with one attached hydrogen (secondary N) is 1. The molecular formula is C18H21ClN2O2. The van der Waals surface area contributed by atoms with Gasteiger partial charge in [-0.05, 0) is 48.7 Å². The minimum atomic E-state index is -0.599. The van der Waals surface area contributed by atoms with Crippen LogP contribution >= 0.6 is 11.6 Å². The highest BCUT2D eigenvalue weighted by Crippen LogP contribution is 2.31. The van der Waals surface area contributed by atoms with Crippen molar-refractivity contribution in [1.82, 2.24) is 5.32 Å². The number of methoxy groups -OCH3 is 1. The van der Waals surface area contributed by atoms with Gasteiger partial charge < -0.3 is 15.8 Å². The molecule has 0 saturated heterocycles. The van der Waals surface area contributed by atoms with Gasteiger partial charge in [0, 0.05) is 5.02 Å². The summed E-state index contributed by atoms with van der Waals surface area (Å²) in [6.45, 7) is 3.62. The minimum Gasteiger partial charge on any atom is -0.497 e. The Kier molecular flexibility index (Phi) is 5.64. The van der Waals surface area contributed by atoms with Crippen molar-refractivity contribution in [3.8, 4) is 5.75 Å². The van der Waals surface area contributed by atoms with Crippen molar-refractivity contribution in [2.75, 3.05) is 7.11 Å². The molecule has 0 bridgehead atoms. The second kappa shape index (κ2) is 7.49. The number of rotatable bonds is 5. The molecule has 5 heteroatoms. The molecule has 0 saturated carbocycles. The normalized spacial score (nSPS) is 13.3. The maximum Gasteiger partial charge on any atom is 0.237 e. The lowest BCUT2D eigenvalue weighted by Crippen LogP contribution is -2.40. The summed E-state index contributed by atoms with van der Waals surface area (Å²) in [6.07, 6.45) is 0. The molecular weight excluding hydrogens is 312 g/mol. The summed E-state index contributed by atoms with van der Waals surface area (Å²) in [4.78, 5) is 12.1. The van der Waals surface area contributed by atoms with E-state index in [1.807, 2.05) is 43.3 Å². The number of hydrogen-bond donors (Lipinski definition) is 2. The Morgan fingerprint density at radius 3 is 2.48 bits per heavy atom. The first-order chi connectivity index (χ1) is 10.9. The van der Waals surface area contributed by atoms with Gasteiger partial charge in [-0.25, -0.2) is 0 Å². The molecule has 122 valence electrons. The average Bonchev–Trinajstić information content (AvgIpc) is 2.53. The molecule has 2 aromatic carbocycles. The summed E-state index contributed by atoms with van der Waals surface area (Å²) in [5.41, 5.74) is 8.48. The topological polar surface area (TPSA) is 64.3 Å². The van der Waals surface area contributed by atoms with E-state index in [1.54, 1.807) is 20.1 Å². The lowest BCUT2D eigenvalue weighted by molar-refractivity contribution is -0.122. The summed E-state index contributed by atoms with van der Waals surface area (Å²) >= 11 is 6.34. The zero-order valence-electron chi connectivity index (χ0n) is 13.5. The Labute approximate surface area is 141 Å². The summed E-state index contributed by atoms with van der Waals surface area (Å²) in [6, 6.07) is 12.2. The number of amides is 1. The number of hydrogen-bond acceptors (Lipinski definition) is 3. The predicted octanol–water partition coefficient (Wildman–Crippen LogP) is 3.21. The molecule has 1 amide bonds. The largest absolute Gasteiger partial charge is 0.497 e. The molecule has 1 unspecified atom stereocenters. The quantitative estimate of drug-likeness (QED) is 0.883. The van der Waals surface area contributed by atoms with Gasteiger partial charge >= 0.3 is 0 Å². The highest BCUT2D eigenvalue weighted by atomic mass is 35.5. The standard InChI is InChI=1S/C18H21ClN2O2/c1-11-10-13(23-3)8-9-14(11)17(21-18(22)12(2)20)15-6-4-5-7-16(15)19/h4-10,12,17H,20H2,1-3H3,(H,21,22)/t12-,17?/m1/s1. The lowest BCUT2D eigenvalue weighted by Gasteiger charge is -2.24. The third-order valence-electron chi connectivity index (χ3n) is 3.70. The van der Waals surface area contributed by atoms with Crippen LogP contribution in [0.5, 0.6) is 5.75 Å². The molecule has 0 heterocycles. The van der Waals surface area contributed by atoms with Crippen molar-refractivity contribution < 1.29 is 9.53 Å². The molecule has 0 aliphatic heterocycles. The zero-order valence-corrected chi connectivity index (χ0v) is 14.2. The second-order valence-corrected chi connectivity index (χ2v) is 5.88. The Balaban J connectivity index is 2.49. The molecule has 0 fully saturated rings. The van der Waals surface area contributed by atoms with Gasteiger partial charge in [0.2, 0.25) is 5.91 Å². The van der Waals surface area contributed by atoms with Gasteiger partial charge in [-0.2, -0.15) is 0 Å². The van der Waals surface area contributed by atoms with E-state index in [-0.39, 0.29) is 11.9 Å². The van der Waals surface area contributed by atoms with Gasteiger partial charge in [0.05, 0.1) is 19.2 Å². The van der Waals surface area contributed by atoms with E-state index in [2.05, 4.69) is 5.32 Å². The van der Waals surface area contributed by atoms with E-state index in [0.717, 1.165) is 22.4 Å². The van der Waals surface area contributed by atoms with Gasteiger partial charge in [0.1, 0.15) is 5.75 Å². The number of carbonyl (C=O) groups is 1. The predicted molar refractivity (Wildman–Crippen MR) is 92.8 cm³/mol. The summed E-state index contributed by atoms with van der Waals surface area (Å²) in [5.74, 6) is 0.535.